The van der Waals surface area contributed by atoms with Crippen LogP contribution in [0.1, 0.15) is 19.8 Å². The van der Waals surface area contributed by atoms with E-state index in [4.69, 9.17) is 11.6 Å². The number of sulfonamides is 1. The normalized spacial score (nSPS) is 19.2. The number of nitrogens with zero attached hydrogens (tertiary/aromatic N) is 3. The second-order valence-corrected chi connectivity index (χ2v) is 8.98. The first-order chi connectivity index (χ1) is 11.8. The van der Waals surface area contributed by atoms with Gasteiger partial charge in [-0.15, -0.1) is 0 Å². The Bertz CT molecular complexity index is 684. The molecule has 1 saturated heterocycles. The lowest BCUT2D eigenvalue weighted by Crippen LogP contribution is -2.45. The third-order valence-electron chi connectivity index (χ3n) is 4.63. The fourth-order valence-corrected chi connectivity index (χ4v) is 5.17. The van der Waals surface area contributed by atoms with Gasteiger partial charge in [0.15, 0.2) is 0 Å². The molecule has 1 aromatic rings. The highest BCUT2D eigenvalue weighted by atomic mass is 35.5. The van der Waals surface area contributed by atoms with E-state index >= 15 is 0 Å². The summed E-state index contributed by atoms with van der Waals surface area (Å²) in [6, 6.07) is 3.65. The summed E-state index contributed by atoms with van der Waals surface area (Å²) >= 11 is 6.03. The Morgan fingerprint density at radius 3 is 2.64 bits per heavy atom. The number of likely N-dealkylation sites (tertiary alicyclic amines) is 1. The maximum atomic E-state index is 13.3. The standard InChI is InChI=1S/C17H27ClFN3O2S/c1-4-21-9-5-6-15(21)13-22(11-10-20(2)3)25(23,24)17-8-7-14(19)12-16(17)18/h7-8,12,15H,4-6,9-11,13H2,1-3H3. The van der Waals surface area contributed by atoms with Gasteiger partial charge < -0.3 is 4.90 Å². The summed E-state index contributed by atoms with van der Waals surface area (Å²) in [6.45, 7) is 5.41. The summed E-state index contributed by atoms with van der Waals surface area (Å²) in [5.74, 6) is -0.545. The van der Waals surface area contributed by atoms with Crippen molar-refractivity contribution < 1.29 is 12.8 Å². The van der Waals surface area contributed by atoms with Crippen LogP contribution in [-0.2, 0) is 10.0 Å². The van der Waals surface area contributed by atoms with E-state index < -0.39 is 15.8 Å². The summed E-state index contributed by atoms with van der Waals surface area (Å²) in [4.78, 5) is 4.22. The maximum absolute atomic E-state index is 13.3. The molecule has 25 heavy (non-hydrogen) atoms. The molecule has 1 heterocycles. The van der Waals surface area contributed by atoms with Gasteiger partial charge in [0, 0.05) is 25.7 Å². The van der Waals surface area contributed by atoms with E-state index in [0.29, 0.717) is 19.6 Å². The molecule has 1 atom stereocenters. The first-order valence-corrected chi connectivity index (χ1v) is 10.4. The molecule has 142 valence electrons. The molecule has 0 N–H and O–H groups in total. The summed E-state index contributed by atoms with van der Waals surface area (Å²) in [6.07, 6.45) is 2.07. The molecule has 0 aliphatic carbocycles. The van der Waals surface area contributed by atoms with E-state index in [2.05, 4.69) is 11.8 Å². The number of benzene rings is 1. The molecule has 1 fully saturated rings. The first-order valence-electron chi connectivity index (χ1n) is 8.59. The van der Waals surface area contributed by atoms with Crippen LogP contribution in [0.2, 0.25) is 5.02 Å². The number of halogens is 2. The van der Waals surface area contributed by atoms with E-state index in [9.17, 15) is 12.8 Å². The SMILES string of the molecule is CCN1CCCC1CN(CCN(C)C)S(=O)(=O)c1ccc(F)cc1Cl. The second-order valence-electron chi connectivity index (χ2n) is 6.67. The molecule has 0 bridgehead atoms. The van der Waals surface area contributed by atoms with Crippen LogP contribution in [0.15, 0.2) is 23.1 Å². The average molecular weight is 392 g/mol. The Balaban J connectivity index is 2.29. The second kappa shape index (κ2) is 8.77. The van der Waals surface area contributed by atoms with Gasteiger partial charge in [0.1, 0.15) is 10.7 Å². The summed E-state index contributed by atoms with van der Waals surface area (Å²) in [5, 5.41) is -0.0753. The van der Waals surface area contributed by atoms with Gasteiger partial charge in [-0.25, -0.2) is 12.8 Å². The Morgan fingerprint density at radius 2 is 2.04 bits per heavy atom. The van der Waals surface area contributed by atoms with Crippen molar-refractivity contribution in [3.8, 4) is 0 Å². The van der Waals surface area contributed by atoms with Gasteiger partial charge in [-0.05, 0) is 58.2 Å². The summed E-state index contributed by atoms with van der Waals surface area (Å²) in [5.41, 5.74) is 0. The molecule has 8 heteroatoms. The van der Waals surface area contributed by atoms with Gasteiger partial charge >= 0.3 is 0 Å². The van der Waals surface area contributed by atoms with Crippen LogP contribution >= 0.6 is 11.6 Å². The quantitative estimate of drug-likeness (QED) is 0.683. The first kappa shape index (κ1) is 20.6. The Kier molecular flexibility index (Phi) is 7.22. The molecular formula is C17H27ClFN3O2S. The van der Waals surface area contributed by atoms with E-state index in [-0.39, 0.29) is 16.0 Å². The lowest BCUT2D eigenvalue weighted by atomic mass is 10.2. The molecule has 0 aromatic heterocycles. The maximum Gasteiger partial charge on any atom is 0.244 e. The van der Waals surface area contributed by atoms with Crippen molar-refractivity contribution in [1.82, 2.24) is 14.1 Å². The van der Waals surface area contributed by atoms with Crippen LogP contribution < -0.4 is 0 Å². The van der Waals surface area contributed by atoms with E-state index in [1.807, 2.05) is 19.0 Å². The predicted octanol–water partition coefficient (Wildman–Crippen LogP) is 2.52. The Hall–Kier alpha value is -0.730. The number of likely N-dealkylation sites (N-methyl/N-ethyl adjacent to an activating group) is 2. The lowest BCUT2D eigenvalue weighted by molar-refractivity contribution is 0.220. The molecular weight excluding hydrogens is 365 g/mol. The zero-order chi connectivity index (χ0) is 18.6. The molecule has 0 spiro atoms. The number of hydrogen-bond acceptors (Lipinski definition) is 4. The minimum absolute atomic E-state index is 0.0321. The van der Waals surface area contributed by atoms with Gasteiger partial charge in [-0.2, -0.15) is 4.31 Å². The number of hydrogen-bond donors (Lipinski definition) is 0. The highest BCUT2D eigenvalue weighted by Gasteiger charge is 2.32. The van der Waals surface area contributed by atoms with Crippen molar-refractivity contribution in [3.05, 3.63) is 29.0 Å². The lowest BCUT2D eigenvalue weighted by Gasteiger charge is -2.30. The van der Waals surface area contributed by atoms with Gasteiger partial charge in [0.25, 0.3) is 0 Å². The monoisotopic (exact) mass is 391 g/mol. The summed E-state index contributed by atoms with van der Waals surface area (Å²) in [7, 11) is 0.0308. The van der Waals surface area contributed by atoms with Crippen molar-refractivity contribution >= 4 is 21.6 Å². The highest BCUT2D eigenvalue weighted by Crippen LogP contribution is 2.27. The van der Waals surface area contributed by atoms with Crippen LogP contribution in [0.3, 0.4) is 0 Å². The molecule has 1 aliphatic heterocycles. The van der Waals surface area contributed by atoms with Crippen molar-refractivity contribution in [1.29, 1.82) is 0 Å². The Labute approximate surface area is 155 Å². The molecule has 0 radical (unpaired) electrons. The average Bonchev–Trinajstić information content (AvgIpc) is 2.97. The fraction of sp³-hybridized carbons (Fsp3) is 0.647. The van der Waals surface area contributed by atoms with E-state index in [0.717, 1.165) is 38.1 Å². The predicted molar refractivity (Wildman–Crippen MR) is 99.0 cm³/mol. The van der Waals surface area contributed by atoms with E-state index in [1.165, 1.54) is 10.4 Å². The number of rotatable bonds is 8. The van der Waals surface area contributed by atoms with Crippen molar-refractivity contribution in [2.24, 2.45) is 0 Å². The third-order valence-corrected chi connectivity index (χ3v) is 6.98. The van der Waals surface area contributed by atoms with Gasteiger partial charge in [-0.3, -0.25) is 4.90 Å². The largest absolute Gasteiger partial charge is 0.308 e. The topological polar surface area (TPSA) is 43.9 Å². The minimum atomic E-state index is -3.78. The van der Waals surface area contributed by atoms with Gasteiger partial charge in [0.2, 0.25) is 10.0 Å². The van der Waals surface area contributed by atoms with Crippen molar-refractivity contribution in [2.75, 3.05) is 46.8 Å². The molecule has 0 saturated carbocycles. The third kappa shape index (κ3) is 5.14. The van der Waals surface area contributed by atoms with Crippen molar-refractivity contribution in [2.45, 2.75) is 30.7 Å². The molecule has 1 aromatic carbocycles. The Morgan fingerprint density at radius 1 is 1.32 bits per heavy atom. The minimum Gasteiger partial charge on any atom is -0.308 e. The van der Waals surface area contributed by atoms with Crippen LogP contribution in [0.5, 0.6) is 0 Å². The van der Waals surface area contributed by atoms with Crippen LogP contribution in [0, 0.1) is 5.82 Å². The molecule has 2 rings (SSSR count). The van der Waals surface area contributed by atoms with Crippen LogP contribution in [0.25, 0.3) is 0 Å². The summed E-state index contributed by atoms with van der Waals surface area (Å²) < 4.78 is 41.1. The zero-order valence-electron chi connectivity index (χ0n) is 15.1. The van der Waals surface area contributed by atoms with Gasteiger partial charge in [0.05, 0.1) is 5.02 Å². The highest BCUT2D eigenvalue weighted by molar-refractivity contribution is 7.89. The van der Waals surface area contributed by atoms with Crippen LogP contribution in [0.4, 0.5) is 4.39 Å². The van der Waals surface area contributed by atoms with Crippen LogP contribution in [-0.4, -0.2) is 75.4 Å². The zero-order valence-corrected chi connectivity index (χ0v) is 16.7. The van der Waals surface area contributed by atoms with Crippen molar-refractivity contribution in [3.63, 3.8) is 0 Å². The van der Waals surface area contributed by atoms with Gasteiger partial charge in [-0.1, -0.05) is 18.5 Å². The fourth-order valence-electron chi connectivity index (χ4n) is 3.20. The molecule has 1 unspecified atom stereocenters. The molecule has 1 aliphatic rings. The molecule has 5 nitrogen and oxygen atoms in total. The molecule has 0 amide bonds. The van der Waals surface area contributed by atoms with E-state index in [1.54, 1.807) is 0 Å². The smallest absolute Gasteiger partial charge is 0.244 e.